The molecule has 1 N–H and O–H groups in total. The molecule has 1 fully saturated rings. The van der Waals surface area contributed by atoms with Crippen LogP contribution in [0.3, 0.4) is 0 Å². The summed E-state index contributed by atoms with van der Waals surface area (Å²) in [6.45, 7) is -0.00588. The number of methoxy groups -OCH3 is 2. The van der Waals surface area contributed by atoms with E-state index in [2.05, 4.69) is 0 Å². The molecule has 1 amide bonds. The van der Waals surface area contributed by atoms with Crippen molar-refractivity contribution >= 4 is 29.1 Å². The van der Waals surface area contributed by atoms with Crippen LogP contribution >= 0.6 is 11.6 Å². The number of aliphatic hydroxyl groups is 1. The van der Waals surface area contributed by atoms with E-state index < -0.39 is 29.3 Å². The molecule has 0 bridgehead atoms. The predicted molar refractivity (Wildman–Crippen MR) is 118 cm³/mol. The summed E-state index contributed by atoms with van der Waals surface area (Å²) in [6, 6.07) is 10.6. The number of aliphatic hydroxyl groups excluding tert-OH is 1. The van der Waals surface area contributed by atoms with Crippen molar-refractivity contribution in [1.82, 2.24) is 4.90 Å². The van der Waals surface area contributed by atoms with Crippen LogP contribution in [-0.2, 0) is 16.1 Å². The highest BCUT2D eigenvalue weighted by Crippen LogP contribution is 2.43. The quantitative estimate of drug-likeness (QED) is 0.318. The number of hydrogen-bond acceptors (Lipinski definition) is 6. The van der Waals surface area contributed by atoms with Gasteiger partial charge < -0.3 is 23.9 Å². The molecule has 0 radical (unpaired) electrons. The van der Waals surface area contributed by atoms with Crippen LogP contribution in [0.25, 0.3) is 5.76 Å². The Bertz CT molecular complexity index is 1240. The molecule has 0 spiro atoms. The Balaban J connectivity index is 1.88. The number of likely N-dealkylation sites (tertiary alicyclic amines) is 1. The zero-order chi connectivity index (χ0) is 23.7. The maximum atomic E-state index is 13.3. The van der Waals surface area contributed by atoms with Crippen molar-refractivity contribution in [1.29, 1.82) is 0 Å². The minimum Gasteiger partial charge on any atom is -0.507 e. The number of halogens is 2. The molecule has 2 aromatic carbocycles. The molecule has 1 aromatic heterocycles. The van der Waals surface area contributed by atoms with Gasteiger partial charge in [-0.2, -0.15) is 0 Å². The molecular weight excluding hydrogens is 453 g/mol. The van der Waals surface area contributed by atoms with Crippen LogP contribution in [0.15, 0.2) is 64.8 Å². The lowest BCUT2D eigenvalue weighted by molar-refractivity contribution is -0.140. The highest BCUT2D eigenvalue weighted by molar-refractivity contribution is 6.46. The summed E-state index contributed by atoms with van der Waals surface area (Å²) in [5, 5.41) is 11.5. The normalized spacial score (nSPS) is 17.5. The van der Waals surface area contributed by atoms with Crippen LogP contribution in [0.4, 0.5) is 4.39 Å². The molecule has 1 aliphatic rings. The number of ketones is 1. The lowest BCUT2D eigenvalue weighted by Gasteiger charge is -2.23. The van der Waals surface area contributed by atoms with Crippen LogP contribution in [0.5, 0.6) is 11.5 Å². The number of carbonyl (C=O) groups excluding carboxylic acids is 2. The maximum absolute atomic E-state index is 13.3. The Morgan fingerprint density at radius 2 is 1.82 bits per heavy atom. The Morgan fingerprint density at radius 3 is 2.42 bits per heavy atom. The van der Waals surface area contributed by atoms with Gasteiger partial charge in [0.15, 0.2) is 0 Å². The second-order valence-corrected chi connectivity index (χ2v) is 7.66. The number of Topliss-reactive ketones (excluding diaryl/α,β-unsaturated/α-hetero) is 1. The fourth-order valence-electron chi connectivity index (χ4n) is 3.76. The van der Waals surface area contributed by atoms with Crippen LogP contribution in [0.2, 0.25) is 5.02 Å². The summed E-state index contributed by atoms with van der Waals surface area (Å²) in [7, 11) is 2.79. The minimum absolute atomic E-state index is 0.00588. The Morgan fingerprint density at radius 1 is 1.12 bits per heavy atom. The van der Waals surface area contributed by atoms with Crippen LogP contribution < -0.4 is 9.47 Å². The van der Waals surface area contributed by atoms with Crippen molar-refractivity contribution in [2.45, 2.75) is 12.6 Å². The molecule has 4 rings (SSSR count). The van der Waals surface area contributed by atoms with Crippen molar-refractivity contribution < 1.29 is 33.0 Å². The molecule has 7 nitrogen and oxygen atoms in total. The molecule has 1 aliphatic heterocycles. The smallest absolute Gasteiger partial charge is 0.296 e. The molecular formula is C24H19ClFNO6. The number of nitrogens with zero attached hydrogens (tertiary/aromatic N) is 1. The number of rotatable bonds is 6. The fourth-order valence-corrected chi connectivity index (χ4v) is 3.99. The zero-order valence-electron chi connectivity index (χ0n) is 17.7. The second-order valence-electron chi connectivity index (χ2n) is 7.26. The average molecular weight is 472 g/mol. The summed E-state index contributed by atoms with van der Waals surface area (Å²) in [5.41, 5.74) is 0.537. The maximum Gasteiger partial charge on any atom is 0.296 e. The molecule has 1 unspecified atom stereocenters. The monoisotopic (exact) mass is 471 g/mol. The first-order valence-electron chi connectivity index (χ1n) is 9.83. The van der Waals surface area contributed by atoms with Crippen molar-refractivity contribution in [3.63, 3.8) is 0 Å². The summed E-state index contributed by atoms with van der Waals surface area (Å²) in [4.78, 5) is 27.4. The van der Waals surface area contributed by atoms with E-state index in [9.17, 15) is 19.1 Å². The topological polar surface area (TPSA) is 89.2 Å². The Hall–Kier alpha value is -3.78. The molecule has 0 aliphatic carbocycles. The minimum atomic E-state index is -1.02. The summed E-state index contributed by atoms with van der Waals surface area (Å²) < 4.78 is 29.4. The molecule has 0 saturated carbocycles. The number of benzene rings is 2. The molecule has 3 aromatic rings. The molecule has 2 heterocycles. The van der Waals surface area contributed by atoms with Crippen molar-refractivity contribution in [3.8, 4) is 11.5 Å². The third-order valence-corrected chi connectivity index (χ3v) is 5.64. The van der Waals surface area contributed by atoms with Gasteiger partial charge in [-0.1, -0.05) is 23.7 Å². The lowest BCUT2D eigenvalue weighted by atomic mass is 9.98. The van der Waals surface area contributed by atoms with Gasteiger partial charge in [-0.05, 0) is 35.9 Å². The number of ether oxygens (including phenoxy) is 2. The van der Waals surface area contributed by atoms with Gasteiger partial charge in [-0.15, -0.1) is 0 Å². The first kappa shape index (κ1) is 22.4. The van der Waals surface area contributed by atoms with Crippen LogP contribution in [-0.4, -0.2) is 35.9 Å². The molecule has 9 heteroatoms. The third kappa shape index (κ3) is 4.05. The average Bonchev–Trinajstić information content (AvgIpc) is 3.42. The first-order chi connectivity index (χ1) is 15.8. The first-order valence-corrected chi connectivity index (χ1v) is 10.2. The number of hydrogen-bond donors (Lipinski definition) is 1. The number of carbonyl (C=O) groups is 2. The molecule has 1 saturated heterocycles. The SMILES string of the molecule is COc1cc(/C(O)=C2\C(=O)C(=O)N(Cc3ccc(F)cc3)C2c2ccco2)c(OC)cc1Cl. The van der Waals surface area contributed by atoms with E-state index in [1.165, 1.54) is 61.8 Å². The van der Waals surface area contributed by atoms with Gasteiger partial charge in [0.1, 0.15) is 34.9 Å². The van der Waals surface area contributed by atoms with Crippen LogP contribution in [0.1, 0.15) is 22.9 Å². The van der Waals surface area contributed by atoms with E-state index in [4.69, 9.17) is 25.5 Å². The van der Waals surface area contributed by atoms with Crippen molar-refractivity contribution in [2.24, 2.45) is 0 Å². The van der Waals surface area contributed by atoms with Crippen molar-refractivity contribution in [2.75, 3.05) is 14.2 Å². The van der Waals surface area contributed by atoms with E-state index >= 15 is 0 Å². The van der Waals surface area contributed by atoms with E-state index in [0.717, 1.165) is 0 Å². The third-order valence-electron chi connectivity index (χ3n) is 5.35. The van der Waals surface area contributed by atoms with Gasteiger partial charge in [0.05, 0.1) is 36.6 Å². The molecule has 170 valence electrons. The second kappa shape index (κ2) is 8.99. The van der Waals surface area contributed by atoms with Crippen molar-refractivity contribution in [3.05, 3.63) is 88.1 Å². The lowest BCUT2D eigenvalue weighted by Crippen LogP contribution is -2.29. The van der Waals surface area contributed by atoms with E-state index in [1.54, 1.807) is 12.1 Å². The summed E-state index contributed by atoms with van der Waals surface area (Å²) in [5.74, 6) is -1.92. The number of amides is 1. The summed E-state index contributed by atoms with van der Waals surface area (Å²) >= 11 is 6.16. The van der Waals surface area contributed by atoms with Gasteiger partial charge >= 0.3 is 0 Å². The van der Waals surface area contributed by atoms with Crippen LogP contribution in [0, 0.1) is 5.82 Å². The van der Waals surface area contributed by atoms with E-state index in [1.807, 2.05) is 0 Å². The van der Waals surface area contributed by atoms with Gasteiger partial charge in [-0.3, -0.25) is 9.59 Å². The van der Waals surface area contributed by atoms with Gasteiger partial charge in [0, 0.05) is 12.6 Å². The highest BCUT2D eigenvalue weighted by Gasteiger charge is 2.47. The highest BCUT2D eigenvalue weighted by atomic mass is 35.5. The fraction of sp³-hybridized carbons (Fsp3) is 0.167. The van der Waals surface area contributed by atoms with Gasteiger partial charge in [-0.25, -0.2) is 4.39 Å². The Kier molecular flexibility index (Phi) is 6.11. The van der Waals surface area contributed by atoms with E-state index in [0.29, 0.717) is 5.56 Å². The Labute approximate surface area is 193 Å². The van der Waals surface area contributed by atoms with Gasteiger partial charge in [0.2, 0.25) is 0 Å². The predicted octanol–water partition coefficient (Wildman–Crippen LogP) is 4.71. The molecule has 33 heavy (non-hydrogen) atoms. The standard InChI is InChI=1S/C24H19ClFNO6/c1-31-18-11-16(25)19(32-2)10-15(18)22(28)20-21(17-4-3-9-33-17)27(24(30)23(20)29)12-13-5-7-14(26)8-6-13/h3-11,21,28H,12H2,1-2H3/b22-20+. The van der Waals surface area contributed by atoms with E-state index in [-0.39, 0.29) is 40.0 Å². The molecule has 1 atom stereocenters. The number of furan rings is 1. The largest absolute Gasteiger partial charge is 0.507 e. The zero-order valence-corrected chi connectivity index (χ0v) is 18.4. The summed E-state index contributed by atoms with van der Waals surface area (Å²) in [6.07, 6.45) is 1.40. The van der Waals surface area contributed by atoms with Gasteiger partial charge in [0.25, 0.3) is 11.7 Å².